The zero-order chi connectivity index (χ0) is 12.4. The lowest BCUT2D eigenvalue weighted by molar-refractivity contribution is 0.213. The molecule has 0 bridgehead atoms. The summed E-state index contributed by atoms with van der Waals surface area (Å²) in [5, 5.41) is 0. The molecule has 1 aliphatic rings. The SMILES string of the molecule is CN1CCCC(n2ccnc2-c2ccccn2)C1. The van der Waals surface area contributed by atoms with E-state index in [0.29, 0.717) is 6.04 Å². The third kappa shape index (κ3) is 2.16. The Hall–Kier alpha value is -1.68. The van der Waals surface area contributed by atoms with Crippen molar-refractivity contribution < 1.29 is 0 Å². The third-order valence-corrected chi connectivity index (χ3v) is 3.56. The molecule has 0 saturated carbocycles. The van der Waals surface area contributed by atoms with E-state index >= 15 is 0 Å². The summed E-state index contributed by atoms with van der Waals surface area (Å²) in [7, 11) is 2.18. The number of likely N-dealkylation sites (N-methyl/N-ethyl adjacent to an activating group) is 1. The van der Waals surface area contributed by atoms with E-state index in [1.807, 2.05) is 30.6 Å². The maximum atomic E-state index is 4.47. The number of nitrogens with zero attached hydrogens (tertiary/aromatic N) is 4. The van der Waals surface area contributed by atoms with Crippen molar-refractivity contribution in [3.8, 4) is 11.5 Å². The number of piperidine rings is 1. The van der Waals surface area contributed by atoms with Crippen molar-refractivity contribution in [2.45, 2.75) is 18.9 Å². The number of aromatic nitrogens is 3. The van der Waals surface area contributed by atoms with E-state index in [4.69, 9.17) is 0 Å². The van der Waals surface area contributed by atoms with Crippen molar-refractivity contribution in [2.24, 2.45) is 0 Å². The topological polar surface area (TPSA) is 34.0 Å². The number of imidazole rings is 1. The molecule has 0 radical (unpaired) electrons. The first-order valence-corrected chi connectivity index (χ1v) is 6.47. The van der Waals surface area contributed by atoms with Gasteiger partial charge in [0, 0.05) is 31.2 Å². The third-order valence-electron chi connectivity index (χ3n) is 3.56. The summed E-state index contributed by atoms with van der Waals surface area (Å²) < 4.78 is 2.28. The van der Waals surface area contributed by atoms with Crippen LogP contribution in [0.4, 0.5) is 0 Å². The Morgan fingerprint density at radius 2 is 2.17 bits per heavy atom. The first-order valence-electron chi connectivity index (χ1n) is 6.47. The summed E-state index contributed by atoms with van der Waals surface area (Å²) in [5.74, 6) is 0.982. The van der Waals surface area contributed by atoms with Crippen LogP contribution in [-0.4, -0.2) is 39.6 Å². The van der Waals surface area contributed by atoms with Gasteiger partial charge in [-0.3, -0.25) is 4.98 Å². The zero-order valence-electron chi connectivity index (χ0n) is 10.7. The van der Waals surface area contributed by atoms with Gasteiger partial charge in [-0.05, 0) is 38.6 Å². The highest BCUT2D eigenvalue weighted by Gasteiger charge is 2.21. The minimum atomic E-state index is 0.517. The van der Waals surface area contributed by atoms with Crippen LogP contribution in [0.25, 0.3) is 11.5 Å². The van der Waals surface area contributed by atoms with Gasteiger partial charge in [-0.25, -0.2) is 4.98 Å². The molecule has 2 aromatic rings. The van der Waals surface area contributed by atoms with E-state index in [2.05, 4.69) is 32.7 Å². The summed E-state index contributed by atoms with van der Waals surface area (Å²) in [6, 6.07) is 6.48. The molecular weight excluding hydrogens is 224 g/mol. The zero-order valence-corrected chi connectivity index (χ0v) is 10.7. The van der Waals surface area contributed by atoms with Crippen LogP contribution in [0.1, 0.15) is 18.9 Å². The summed E-state index contributed by atoms with van der Waals surface area (Å²) in [5.41, 5.74) is 0.954. The lowest BCUT2D eigenvalue weighted by atomic mass is 10.1. The van der Waals surface area contributed by atoms with E-state index in [1.54, 1.807) is 0 Å². The van der Waals surface area contributed by atoms with Crippen molar-refractivity contribution in [3.05, 3.63) is 36.8 Å². The maximum Gasteiger partial charge on any atom is 0.158 e. The van der Waals surface area contributed by atoms with Crippen LogP contribution >= 0.6 is 0 Å². The smallest absolute Gasteiger partial charge is 0.158 e. The molecule has 0 amide bonds. The lowest BCUT2D eigenvalue weighted by Crippen LogP contribution is -2.33. The summed E-state index contributed by atoms with van der Waals surface area (Å²) in [6.45, 7) is 2.29. The van der Waals surface area contributed by atoms with Gasteiger partial charge in [0.25, 0.3) is 0 Å². The Labute approximate surface area is 107 Å². The molecule has 1 unspecified atom stereocenters. The van der Waals surface area contributed by atoms with Gasteiger partial charge < -0.3 is 9.47 Å². The van der Waals surface area contributed by atoms with Crippen LogP contribution in [-0.2, 0) is 0 Å². The second-order valence-electron chi connectivity index (χ2n) is 4.93. The fourth-order valence-electron chi connectivity index (χ4n) is 2.67. The Morgan fingerprint density at radius 3 is 2.94 bits per heavy atom. The van der Waals surface area contributed by atoms with Gasteiger partial charge in [0.2, 0.25) is 0 Å². The summed E-state index contributed by atoms with van der Waals surface area (Å²) in [4.78, 5) is 11.3. The average Bonchev–Trinajstić information content (AvgIpc) is 2.89. The van der Waals surface area contributed by atoms with Crippen LogP contribution in [0.15, 0.2) is 36.8 Å². The predicted octanol–water partition coefficient (Wildman–Crippen LogP) is 2.21. The number of likely N-dealkylation sites (tertiary alicyclic amines) is 1. The van der Waals surface area contributed by atoms with Gasteiger partial charge in [0.1, 0.15) is 5.69 Å². The van der Waals surface area contributed by atoms with Gasteiger partial charge in [0.15, 0.2) is 5.82 Å². The Bertz CT molecular complexity index is 506. The normalized spacial score (nSPS) is 21.1. The second kappa shape index (κ2) is 4.90. The molecule has 2 aromatic heterocycles. The average molecular weight is 242 g/mol. The molecule has 4 heteroatoms. The fourth-order valence-corrected chi connectivity index (χ4v) is 2.67. The van der Waals surface area contributed by atoms with Crippen molar-refractivity contribution in [1.29, 1.82) is 0 Å². The van der Waals surface area contributed by atoms with Crippen LogP contribution in [0.5, 0.6) is 0 Å². The maximum absolute atomic E-state index is 4.47. The Kier molecular flexibility index (Phi) is 3.11. The quantitative estimate of drug-likeness (QED) is 0.809. The van der Waals surface area contributed by atoms with Crippen molar-refractivity contribution >= 4 is 0 Å². The molecule has 94 valence electrons. The van der Waals surface area contributed by atoms with Crippen LogP contribution in [0.2, 0.25) is 0 Å². The summed E-state index contributed by atoms with van der Waals surface area (Å²) >= 11 is 0. The molecule has 0 aromatic carbocycles. The number of pyridine rings is 1. The standard InChI is InChI=1S/C14H18N4/c1-17-9-4-5-12(11-17)18-10-8-16-14(18)13-6-2-3-7-15-13/h2-3,6-8,10,12H,4-5,9,11H2,1H3. The van der Waals surface area contributed by atoms with Gasteiger partial charge in [-0.15, -0.1) is 0 Å². The predicted molar refractivity (Wildman–Crippen MR) is 71.2 cm³/mol. The minimum Gasteiger partial charge on any atom is -0.325 e. The van der Waals surface area contributed by atoms with Gasteiger partial charge in [-0.2, -0.15) is 0 Å². The van der Waals surface area contributed by atoms with Crippen LogP contribution in [0.3, 0.4) is 0 Å². The monoisotopic (exact) mass is 242 g/mol. The second-order valence-corrected chi connectivity index (χ2v) is 4.93. The highest BCUT2D eigenvalue weighted by Crippen LogP contribution is 2.25. The van der Waals surface area contributed by atoms with Crippen molar-refractivity contribution in [2.75, 3.05) is 20.1 Å². The minimum absolute atomic E-state index is 0.517. The number of hydrogen-bond donors (Lipinski definition) is 0. The van der Waals surface area contributed by atoms with E-state index in [9.17, 15) is 0 Å². The van der Waals surface area contributed by atoms with Gasteiger partial charge >= 0.3 is 0 Å². The molecule has 0 N–H and O–H groups in total. The molecule has 3 heterocycles. The summed E-state index contributed by atoms with van der Waals surface area (Å²) in [6.07, 6.45) is 8.25. The molecule has 1 aliphatic heterocycles. The van der Waals surface area contributed by atoms with E-state index in [1.165, 1.54) is 19.4 Å². The molecule has 4 nitrogen and oxygen atoms in total. The molecule has 18 heavy (non-hydrogen) atoms. The van der Waals surface area contributed by atoms with E-state index in [-0.39, 0.29) is 0 Å². The number of hydrogen-bond acceptors (Lipinski definition) is 3. The molecular formula is C14H18N4. The largest absolute Gasteiger partial charge is 0.325 e. The molecule has 0 spiro atoms. The van der Waals surface area contributed by atoms with Gasteiger partial charge in [0.05, 0.1) is 0 Å². The molecule has 1 saturated heterocycles. The molecule has 1 atom stereocenters. The van der Waals surface area contributed by atoms with Crippen LogP contribution in [0, 0.1) is 0 Å². The lowest BCUT2D eigenvalue weighted by Gasteiger charge is -2.31. The Morgan fingerprint density at radius 1 is 1.22 bits per heavy atom. The highest BCUT2D eigenvalue weighted by atomic mass is 15.2. The fraction of sp³-hybridized carbons (Fsp3) is 0.429. The first-order chi connectivity index (χ1) is 8.84. The highest BCUT2D eigenvalue weighted by molar-refractivity contribution is 5.49. The van der Waals surface area contributed by atoms with Crippen LogP contribution < -0.4 is 0 Å². The number of rotatable bonds is 2. The Balaban J connectivity index is 1.92. The van der Waals surface area contributed by atoms with Crippen molar-refractivity contribution in [1.82, 2.24) is 19.4 Å². The first kappa shape index (κ1) is 11.4. The van der Waals surface area contributed by atoms with E-state index in [0.717, 1.165) is 18.1 Å². The molecule has 1 fully saturated rings. The van der Waals surface area contributed by atoms with E-state index < -0.39 is 0 Å². The van der Waals surface area contributed by atoms with Gasteiger partial charge in [-0.1, -0.05) is 6.07 Å². The molecule has 3 rings (SSSR count). The molecule has 0 aliphatic carbocycles. The van der Waals surface area contributed by atoms with Crippen molar-refractivity contribution in [3.63, 3.8) is 0 Å².